The molecule has 49 heavy (non-hydrogen) atoms. The van der Waals surface area contributed by atoms with Crippen LogP contribution in [0.4, 0.5) is 11.4 Å². The molecule has 248 valence electrons. The standard InChI is InChI=1S/C40H37N3O5S/c1-26-12-11-13-27(2)36(26)43-40(46)37(28-14-7-5-8-15-28)49-33-22-19-31(20-23-33)41-39(45)34(42-38(44)29-16-9-6-10-17-29)24-30-18-21-32(47-3)25-35(30)48-4/h5-25,37H,1-4H3,(H,41,45)(H,42,44)(H,43,46)/b34-24-. The molecular formula is C40H37N3O5S. The fraction of sp³-hybridized carbons (Fsp3) is 0.125. The lowest BCUT2D eigenvalue weighted by Crippen LogP contribution is -2.30. The van der Waals surface area contributed by atoms with Crippen molar-refractivity contribution in [1.29, 1.82) is 0 Å². The van der Waals surface area contributed by atoms with Gasteiger partial charge in [-0.2, -0.15) is 0 Å². The topological polar surface area (TPSA) is 106 Å². The van der Waals surface area contributed by atoms with Crippen LogP contribution in [0.15, 0.2) is 132 Å². The second kappa shape index (κ2) is 16.3. The molecule has 0 aliphatic rings. The van der Waals surface area contributed by atoms with Gasteiger partial charge < -0.3 is 25.4 Å². The molecule has 0 aliphatic carbocycles. The van der Waals surface area contributed by atoms with Crippen molar-refractivity contribution < 1.29 is 23.9 Å². The van der Waals surface area contributed by atoms with Crippen molar-refractivity contribution in [3.8, 4) is 11.5 Å². The first-order valence-corrected chi connectivity index (χ1v) is 16.4. The maximum Gasteiger partial charge on any atom is 0.272 e. The smallest absolute Gasteiger partial charge is 0.272 e. The van der Waals surface area contributed by atoms with Gasteiger partial charge in [-0.05, 0) is 85.1 Å². The number of rotatable bonds is 12. The van der Waals surface area contributed by atoms with Crippen molar-refractivity contribution in [3.63, 3.8) is 0 Å². The molecule has 1 atom stereocenters. The Balaban J connectivity index is 1.37. The van der Waals surface area contributed by atoms with E-state index in [2.05, 4.69) is 16.0 Å². The second-order valence-electron chi connectivity index (χ2n) is 11.1. The molecule has 5 rings (SSSR count). The molecule has 0 bridgehead atoms. The first kappa shape index (κ1) is 34.5. The monoisotopic (exact) mass is 671 g/mol. The molecule has 0 fully saturated rings. The molecule has 0 aliphatic heterocycles. The summed E-state index contributed by atoms with van der Waals surface area (Å²) >= 11 is 1.41. The van der Waals surface area contributed by atoms with Gasteiger partial charge in [-0.15, -0.1) is 11.8 Å². The third kappa shape index (κ3) is 8.97. The quantitative estimate of drug-likeness (QED) is 0.0913. The van der Waals surface area contributed by atoms with Crippen LogP contribution in [0.2, 0.25) is 0 Å². The Bertz CT molecular complexity index is 1940. The molecule has 1 unspecified atom stereocenters. The van der Waals surface area contributed by atoms with Gasteiger partial charge in [-0.1, -0.05) is 66.7 Å². The van der Waals surface area contributed by atoms with Gasteiger partial charge >= 0.3 is 0 Å². The van der Waals surface area contributed by atoms with Crippen LogP contribution in [0.1, 0.15) is 37.9 Å². The maximum absolute atomic E-state index is 13.7. The van der Waals surface area contributed by atoms with Crippen molar-refractivity contribution in [3.05, 3.63) is 155 Å². The van der Waals surface area contributed by atoms with Gasteiger partial charge in [0.25, 0.3) is 11.8 Å². The minimum atomic E-state index is -0.530. The molecule has 0 spiro atoms. The van der Waals surface area contributed by atoms with E-state index in [0.29, 0.717) is 28.3 Å². The minimum absolute atomic E-state index is 0.0167. The highest BCUT2D eigenvalue weighted by Crippen LogP contribution is 2.37. The van der Waals surface area contributed by atoms with Gasteiger partial charge in [-0.25, -0.2) is 0 Å². The van der Waals surface area contributed by atoms with Crippen molar-refractivity contribution in [2.45, 2.75) is 24.0 Å². The molecule has 8 nitrogen and oxygen atoms in total. The third-order valence-corrected chi connectivity index (χ3v) is 8.97. The summed E-state index contributed by atoms with van der Waals surface area (Å²) in [4.78, 5) is 41.3. The average Bonchev–Trinajstić information content (AvgIpc) is 3.13. The number of aryl methyl sites for hydroxylation is 2. The predicted molar refractivity (Wildman–Crippen MR) is 196 cm³/mol. The fourth-order valence-electron chi connectivity index (χ4n) is 5.09. The number of hydrogen-bond acceptors (Lipinski definition) is 6. The van der Waals surface area contributed by atoms with Crippen molar-refractivity contribution in [2.75, 3.05) is 24.9 Å². The van der Waals surface area contributed by atoms with E-state index in [4.69, 9.17) is 9.47 Å². The van der Waals surface area contributed by atoms with Gasteiger partial charge in [0, 0.05) is 33.5 Å². The lowest BCUT2D eigenvalue weighted by molar-refractivity contribution is -0.116. The largest absolute Gasteiger partial charge is 0.497 e. The molecule has 0 saturated carbocycles. The van der Waals surface area contributed by atoms with E-state index in [-0.39, 0.29) is 11.6 Å². The van der Waals surface area contributed by atoms with Crippen LogP contribution < -0.4 is 25.4 Å². The highest BCUT2D eigenvalue weighted by Gasteiger charge is 2.23. The molecule has 5 aromatic rings. The van der Waals surface area contributed by atoms with Crippen LogP contribution in [0.5, 0.6) is 11.5 Å². The van der Waals surface area contributed by atoms with Gasteiger partial charge in [0.1, 0.15) is 22.4 Å². The zero-order valence-corrected chi connectivity index (χ0v) is 28.5. The first-order chi connectivity index (χ1) is 23.7. The first-order valence-electron chi connectivity index (χ1n) is 15.6. The van der Waals surface area contributed by atoms with Gasteiger partial charge in [-0.3, -0.25) is 14.4 Å². The van der Waals surface area contributed by atoms with E-state index < -0.39 is 17.1 Å². The van der Waals surface area contributed by atoms with E-state index in [1.807, 2.05) is 80.6 Å². The van der Waals surface area contributed by atoms with Gasteiger partial charge in [0.2, 0.25) is 5.91 Å². The number of para-hydroxylation sites is 1. The van der Waals surface area contributed by atoms with Crippen LogP contribution >= 0.6 is 11.8 Å². The number of thioether (sulfide) groups is 1. The van der Waals surface area contributed by atoms with Crippen LogP contribution in [0.25, 0.3) is 6.08 Å². The Labute approximate surface area is 290 Å². The number of nitrogens with one attached hydrogen (secondary N) is 3. The average molecular weight is 672 g/mol. The molecule has 0 saturated heterocycles. The summed E-state index contributed by atoms with van der Waals surface area (Å²) in [6, 6.07) is 36.6. The summed E-state index contributed by atoms with van der Waals surface area (Å²) in [5.74, 6) is -0.0490. The zero-order chi connectivity index (χ0) is 34.8. The van der Waals surface area contributed by atoms with E-state index in [1.54, 1.807) is 67.8 Å². The molecule has 5 aromatic carbocycles. The summed E-state index contributed by atoms with van der Waals surface area (Å²) in [7, 11) is 3.07. The molecule has 3 N–H and O–H groups in total. The summed E-state index contributed by atoms with van der Waals surface area (Å²) in [5.41, 5.74) is 5.15. The Morgan fingerprint density at radius 3 is 2.00 bits per heavy atom. The van der Waals surface area contributed by atoms with Gasteiger partial charge in [0.05, 0.1) is 14.2 Å². The number of anilines is 2. The molecule has 3 amide bonds. The lowest BCUT2D eigenvalue weighted by Gasteiger charge is -2.19. The predicted octanol–water partition coefficient (Wildman–Crippen LogP) is 8.20. The zero-order valence-electron chi connectivity index (χ0n) is 27.7. The third-order valence-electron chi connectivity index (χ3n) is 7.71. The summed E-state index contributed by atoms with van der Waals surface area (Å²) < 4.78 is 10.8. The normalized spacial score (nSPS) is 11.6. The lowest BCUT2D eigenvalue weighted by atomic mass is 10.1. The number of benzene rings is 5. The molecule has 0 radical (unpaired) electrons. The van der Waals surface area contributed by atoms with E-state index in [0.717, 1.165) is 27.3 Å². The molecule has 9 heteroatoms. The van der Waals surface area contributed by atoms with Crippen LogP contribution in [-0.4, -0.2) is 31.9 Å². The van der Waals surface area contributed by atoms with Gasteiger partial charge in [0.15, 0.2) is 0 Å². The van der Waals surface area contributed by atoms with Crippen LogP contribution in [0, 0.1) is 13.8 Å². The number of amides is 3. The minimum Gasteiger partial charge on any atom is -0.497 e. The number of methoxy groups -OCH3 is 2. The van der Waals surface area contributed by atoms with Crippen LogP contribution in [0.3, 0.4) is 0 Å². The number of carbonyl (C=O) groups excluding carboxylic acids is 3. The molecule has 0 heterocycles. The SMILES string of the molecule is COc1ccc(/C=C(\NC(=O)c2ccccc2)C(=O)Nc2ccc(SC(C(=O)Nc3c(C)cccc3C)c3ccccc3)cc2)c(OC)c1. The van der Waals surface area contributed by atoms with E-state index in [1.165, 1.54) is 18.9 Å². The second-order valence-corrected chi connectivity index (χ2v) is 12.3. The fourth-order valence-corrected chi connectivity index (χ4v) is 6.11. The maximum atomic E-state index is 13.7. The highest BCUT2D eigenvalue weighted by molar-refractivity contribution is 8.00. The highest BCUT2D eigenvalue weighted by atomic mass is 32.2. The van der Waals surface area contributed by atoms with Crippen molar-refractivity contribution in [2.24, 2.45) is 0 Å². The Morgan fingerprint density at radius 1 is 0.714 bits per heavy atom. The van der Waals surface area contributed by atoms with E-state index in [9.17, 15) is 14.4 Å². The Kier molecular flexibility index (Phi) is 11.5. The van der Waals surface area contributed by atoms with Crippen molar-refractivity contribution in [1.82, 2.24) is 5.32 Å². The number of ether oxygens (including phenoxy) is 2. The summed E-state index contributed by atoms with van der Waals surface area (Å²) in [6.07, 6.45) is 1.55. The Morgan fingerprint density at radius 2 is 1.37 bits per heavy atom. The van der Waals surface area contributed by atoms with Crippen LogP contribution in [-0.2, 0) is 9.59 Å². The number of carbonyl (C=O) groups is 3. The number of hydrogen-bond donors (Lipinski definition) is 3. The Hall–Kier alpha value is -5.80. The molecule has 0 aromatic heterocycles. The summed E-state index contributed by atoms with van der Waals surface area (Å²) in [5, 5.41) is 8.25. The van der Waals surface area contributed by atoms with Crippen molar-refractivity contribution >= 4 is 46.9 Å². The van der Waals surface area contributed by atoms with E-state index >= 15 is 0 Å². The summed E-state index contributed by atoms with van der Waals surface area (Å²) in [6.45, 7) is 3.95. The molecular weight excluding hydrogens is 635 g/mol.